The van der Waals surface area contributed by atoms with Gasteiger partial charge in [-0.3, -0.25) is 9.59 Å². The molecule has 0 atom stereocenters. The number of ether oxygens (including phenoxy) is 2. The molecular formula is C28H28N4O4. The van der Waals surface area contributed by atoms with Crippen LogP contribution in [0.1, 0.15) is 15.9 Å². The molecule has 0 aliphatic rings. The minimum Gasteiger partial charge on any atom is -0.493 e. The predicted molar refractivity (Wildman–Crippen MR) is 137 cm³/mol. The third-order valence-electron chi connectivity index (χ3n) is 5.74. The van der Waals surface area contributed by atoms with Gasteiger partial charge in [-0.15, -0.1) is 0 Å². The minimum atomic E-state index is -0.375. The second kappa shape index (κ2) is 11.2. The van der Waals surface area contributed by atoms with Gasteiger partial charge in [0.15, 0.2) is 11.5 Å². The Hall–Kier alpha value is -4.59. The summed E-state index contributed by atoms with van der Waals surface area (Å²) in [6, 6.07) is 24.5. The van der Waals surface area contributed by atoms with Gasteiger partial charge in [-0.2, -0.15) is 5.10 Å². The van der Waals surface area contributed by atoms with Crippen molar-refractivity contribution in [2.75, 3.05) is 27.8 Å². The highest BCUT2D eigenvalue weighted by Gasteiger charge is 2.18. The summed E-state index contributed by atoms with van der Waals surface area (Å²) in [5.74, 6) is 0.363. The highest BCUT2D eigenvalue weighted by atomic mass is 16.5. The number of para-hydroxylation sites is 1. The van der Waals surface area contributed by atoms with Crippen LogP contribution in [0.5, 0.6) is 11.5 Å². The lowest BCUT2D eigenvalue weighted by atomic mass is 10.1. The monoisotopic (exact) mass is 484 g/mol. The zero-order valence-electron chi connectivity index (χ0n) is 20.5. The van der Waals surface area contributed by atoms with Crippen molar-refractivity contribution in [3.05, 3.63) is 96.2 Å². The first kappa shape index (κ1) is 24.5. The molecule has 3 aromatic carbocycles. The van der Waals surface area contributed by atoms with Crippen molar-refractivity contribution in [3.8, 4) is 28.4 Å². The molecular weight excluding hydrogens is 456 g/mol. The molecule has 0 saturated heterocycles. The van der Waals surface area contributed by atoms with Crippen LogP contribution in [-0.2, 0) is 11.3 Å². The van der Waals surface area contributed by atoms with Crippen LogP contribution in [0, 0.1) is 0 Å². The molecule has 1 heterocycles. The van der Waals surface area contributed by atoms with E-state index in [0.717, 1.165) is 22.5 Å². The Balaban J connectivity index is 1.47. The number of aromatic nitrogens is 2. The first-order valence-corrected chi connectivity index (χ1v) is 11.4. The minimum absolute atomic E-state index is 0.142. The van der Waals surface area contributed by atoms with Gasteiger partial charge in [-0.25, -0.2) is 4.68 Å². The fraction of sp³-hybridized carbons (Fsp3) is 0.179. The average Bonchev–Trinajstić information content (AvgIpc) is 3.35. The van der Waals surface area contributed by atoms with Crippen molar-refractivity contribution in [2.45, 2.75) is 6.54 Å². The quantitative estimate of drug-likeness (QED) is 0.389. The topological polar surface area (TPSA) is 85.7 Å². The maximum Gasteiger partial charge on any atom is 0.251 e. The Kier molecular flexibility index (Phi) is 7.65. The summed E-state index contributed by atoms with van der Waals surface area (Å²) >= 11 is 0. The van der Waals surface area contributed by atoms with Gasteiger partial charge in [0, 0.05) is 36.5 Å². The van der Waals surface area contributed by atoms with Gasteiger partial charge in [-0.05, 0) is 30.3 Å². The van der Waals surface area contributed by atoms with Crippen LogP contribution in [0.2, 0.25) is 0 Å². The molecule has 1 N–H and O–H groups in total. The maximum atomic E-state index is 12.9. The Morgan fingerprint density at radius 3 is 2.25 bits per heavy atom. The second-order valence-electron chi connectivity index (χ2n) is 8.15. The molecule has 4 aromatic rings. The molecule has 184 valence electrons. The van der Waals surface area contributed by atoms with Crippen LogP contribution in [0.4, 0.5) is 0 Å². The van der Waals surface area contributed by atoms with Gasteiger partial charge in [0.2, 0.25) is 5.91 Å². The predicted octanol–water partition coefficient (Wildman–Crippen LogP) is 3.94. The molecule has 0 radical (unpaired) electrons. The van der Waals surface area contributed by atoms with Crippen LogP contribution < -0.4 is 14.8 Å². The first-order chi connectivity index (χ1) is 17.5. The van der Waals surface area contributed by atoms with Gasteiger partial charge < -0.3 is 19.7 Å². The van der Waals surface area contributed by atoms with E-state index in [2.05, 4.69) is 5.32 Å². The van der Waals surface area contributed by atoms with E-state index in [1.54, 1.807) is 30.1 Å². The highest BCUT2D eigenvalue weighted by Crippen LogP contribution is 2.27. The summed E-state index contributed by atoms with van der Waals surface area (Å²) in [6.07, 6.45) is 1.93. The smallest absolute Gasteiger partial charge is 0.251 e. The van der Waals surface area contributed by atoms with Gasteiger partial charge in [0.1, 0.15) is 0 Å². The van der Waals surface area contributed by atoms with E-state index >= 15 is 0 Å². The number of carbonyl (C=O) groups excluding carboxylic acids is 2. The van der Waals surface area contributed by atoms with Gasteiger partial charge in [-0.1, -0.05) is 48.5 Å². The summed E-state index contributed by atoms with van der Waals surface area (Å²) in [6.45, 7) is 0.194. The third kappa shape index (κ3) is 5.55. The number of hydrogen-bond donors (Lipinski definition) is 1. The fourth-order valence-corrected chi connectivity index (χ4v) is 3.79. The SMILES string of the molecule is COc1ccc(C(=O)NCC(=O)N(C)Cc2cn(-c3ccccc3)nc2-c2ccccc2)cc1OC. The van der Waals surface area contributed by atoms with Crippen molar-refractivity contribution in [1.29, 1.82) is 0 Å². The van der Waals surface area contributed by atoms with E-state index in [4.69, 9.17) is 14.6 Å². The van der Waals surface area contributed by atoms with E-state index in [1.807, 2.05) is 71.5 Å². The molecule has 36 heavy (non-hydrogen) atoms. The van der Waals surface area contributed by atoms with Crippen LogP contribution in [0.25, 0.3) is 16.9 Å². The summed E-state index contributed by atoms with van der Waals surface area (Å²) in [7, 11) is 4.74. The Bertz CT molecular complexity index is 1340. The molecule has 2 amide bonds. The molecule has 0 fully saturated rings. The zero-order valence-corrected chi connectivity index (χ0v) is 20.5. The number of carbonyl (C=O) groups is 2. The number of likely N-dealkylation sites (N-methyl/N-ethyl adjacent to an activating group) is 1. The molecule has 0 spiro atoms. The van der Waals surface area contributed by atoms with Crippen molar-refractivity contribution >= 4 is 11.8 Å². The van der Waals surface area contributed by atoms with E-state index < -0.39 is 0 Å². The molecule has 0 bridgehead atoms. The van der Waals surface area contributed by atoms with Gasteiger partial charge in [0.05, 0.1) is 32.1 Å². The van der Waals surface area contributed by atoms with Crippen molar-refractivity contribution < 1.29 is 19.1 Å². The first-order valence-electron chi connectivity index (χ1n) is 11.4. The van der Waals surface area contributed by atoms with Gasteiger partial charge >= 0.3 is 0 Å². The Labute approximate surface area is 210 Å². The summed E-state index contributed by atoms with van der Waals surface area (Å²) in [5, 5.41) is 7.48. The number of rotatable bonds is 9. The Morgan fingerprint density at radius 2 is 1.58 bits per heavy atom. The van der Waals surface area contributed by atoms with Crippen LogP contribution in [0.3, 0.4) is 0 Å². The molecule has 0 aliphatic heterocycles. The van der Waals surface area contributed by atoms with Crippen LogP contribution in [-0.4, -0.2) is 54.3 Å². The molecule has 1 aromatic heterocycles. The lowest BCUT2D eigenvalue weighted by Crippen LogP contribution is -2.37. The number of hydrogen-bond acceptors (Lipinski definition) is 5. The molecule has 0 saturated carbocycles. The number of amides is 2. The molecule has 8 nitrogen and oxygen atoms in total. The lowest BCUT2D eigenvalue weighted by molar-refractivity contribution is -0.129. The normalized spacial score (nSPS) is 10.5. The number of methoxy groups -OCH3 is 2. The second-order valence-corrected chi connectivity index (χ2v) is 8.15. The summed E-state index contributed by atoms with van der Waals surface area (Å²) in [4.78, 5) is 27.1. The van der Waals surface area contributed by atoms with Crippen molar-refractivity contribution in [2.24, 2.45) is 0 Å². The Morgan fingerprint density at radius 1 is 0.917 bits per heavy atom. The summed E-state index contributed by atoms with van der Waals surface area (Å²) in [5.41, 5.74) is 3.96. The van der Waals surface area contributed by atoms with Crippen LogP contribution >= 0.6 is 0 Å². The summed E-state index contributed by atoms with van der Waals surface area (Å²) < 4.78 is 12.3. The lowest BCUT2D eigenvalue weighted by Gasteiger charge is -2.17. The number of nitrogens with zero attached hydrogens (tertiary/aromatic N) is 3. The molecule has 0 unspecified atom stereocenters. The average molecular weight is 485 g/mol. The van der Waals surface area contributed by atoms with Crippen molar-refractivity contribution in [3.63, 3.8) is 0 Å². The zero-order chi connectivity index (χ0) is 25.5. The highest BCUT2D eigenvalue weighted by molar-refractivity contribution is 5.97. The largest absolute Gasteiger partial charge is 0.493 e. The van der Waals surface area contributed by atoms with E-state index in [-0.39, 0.29) is 18.4 Å². The maximum absolute atomic E-state index is 12.9. The molecule has 8 heteroatoms. The van der Waals surface area contributed by atoms with Crippen molar-refractivity contribution in [1.82, 2.24) is 20.0 Å². The number of benzene rings is 3. The van der Waals surface area contributed by atoms with E-state index in [0.29, 0.717) is 23.6 Å². The molecule has 4 rings (SSSR count). The van der Waals surface area contributed by atoms with Crippen LogP contribution in [0.15, 0.2) is 85.1 Å². The third-order valence-corrected chi connectivity index (χ3v) is 5.74. The fourth-order valence-electron chi connectivity index (χ4n) is 3.79. The van der Waals surface area contributed by atoms with E-state index in [1.165, 1.54) is 14.2 Å². The standard InChI is InChI=1S/C28H28N4O4/c1-31(26(33)17-29-28(34)21-14-15-24(35-2)25(16-21)36-3)18-22-19-32(23-12-8-5-9-13-23)30-27(22)20-10-6-4-7-11-20/h4-16,19H,17-18H2,1-3H3,(H,29,34). The van der Waals surface area contributed by atoms with E-state index in [9.17, 15) is 9.59 Å². The number of nitrogens with one attached hydrogen (secondary N) is 1. The molecule has 0 aliphatic carbocycles. The van der Waals surface area contributed by atoms with Gasteiger partial charge in [0.25, 0.3) is 5.91 Å².